The Morgan fingerprint density at radius 2 is 1.80 bits per heavy atom. The summed E-state index contributed by atoms with van der Waals surface area (Å²) in [7, 11) is 1.51. The number of Topliss-reactive ketones (excluding diaryl/α,β-unsaturated/α-hetero) is 1. The zero-order valence-corrected chi connectivity index (χ0v) is 9.28. The van der Waals surface area contributed by atoms with Gasteiger partial charge in [0.05, 0.1) is 5.71 Å². The van der Waals surface area contributed by atoms with E-state index in [1.54, 1.807) is 0 Å². The Kier molecular flexibility index (Phi) is 4.03. The van der Waals surface area contributed by atoms with Crippen molar-refractivity contribution < 1.29 is 9.63 Å². The highest BCUT2D eigenvalue weighted by Crippen LogP contribution is 2.08. The molecule has 0 amide bonds. The van der Waals surface area contributed by atoms with Crippen molar-refractivity contribution in [2.75, 3.05) is 7.11 Å². The van der Waals surface area contributed by atoms with Crippen molar-refractivity contribution in [3.63, 3.8) is 0 Å². The highest BCUT2D eigenvalue weighted by atomic mass is 16.6. The molecule has 0 aromatic heterocycles. The molecule has 0 N–H and O–H groups in total. The van der Waals surface area contributed by atoms with E-state index >= 15 is 0 Å². The Balaban J connectivity index is 2.90. The van der Waals surface area contributed by atoms with Crippen LogP contribution in [0.2, 0.25) is 0 Å². The zero-order valence-electron chi connectivity index (χ0n) is 9.28. The Morgan fingerprint density at radius 3 is 2.27 bits per heavy atom. The second-order valence-corrected chi connectivity index (χ2v) is 3.21. The summed E-state index contributed by atoms with van der Waals surface area (Å²) >= 11 is 0. The first-order chi connectivity index (χ1) is 7.19. The fraction of sp³-hybridized carbons (Fsp3) is 0.333. The second kappa shape index (κ2) is 5.29. The van der Waals surface area contributed by atoms with Crippen molar-refractivity contribution in [3.8, 4) is 0 Å². The van der Waals surface area contributed by atoms with Gasteiger partial charge >= 0.3 is 0 Å². The number of oxime groups is 1. The van der Waals surface area contributed by atoms with E-state index in [0.29, 0.717) is 6.42 Å². The number of hydrogen-bond donors (Lipinski definition) is 0. The van der Waals surface area contributed by atoms with Gasteiger partial charge in [0.1, 0.15) is 7.11 Å². The Morgan fingerprint density at radius 1 is 1.27 bits per heavy atom. The van der Waals surface area contributed by atoms with Gasteiger partial charge in [0.15, 0.2) is 5.78 Å². The smallest absolute Gasteiger partial charge is 0.162 e. The molecule has 15 heavy (non-hydrogen) atoms. The molecule has 0 heterocycles. The van der Waals surface area contributed by atoms with Crippen molar-refractivity contribution in [2.24, 2.45) is 5.16 Å². The lowest BCUT2D eigenvalue weighted by atomic mass is 10.0. The Bertz CT molecular complexity index is 366. The molecular weight excluding hydrogens is 190 g/mol. The lowest BCUT2D eigenvalue weighted by Crippen LogP contribution is -1.99. The van der Waals surface area contributed by atoms with Crippen LogP contribution in [0.3, 0.4) is 0 Å². The van der Waals surface area contributed by atoms with E-state index in [-0.39, 0.29) is 5.78 Å². The zero-order chi connectivity index (χ0) is 11.3. The average molecular weight is 205 g/mol. The van der Waals surface area contributed by atoms with E-state index in [9.17, 15) is 4.79 Å². The molecule has 0 saturated carbocycles. The molecule has 3 heteroatoms. The van der Waals surface area contributed by atoms with Gasteiger partial charge in [-0.2, -0.15) is 0 Å². The molecule has 3 nitrogen and oxygen atoms in total. The maximum absolute atomic E-state index is 11.4. The molecule has 1 aromatic rings. The summed E-state index contributed by atoms with van der Waals surface area (Å²) in [5.41, 5.74) is 2.50. The first-order valence-corrected chi connectivity index (χ1v) is 4.90. The Hall–Kier alpha value is -1.64. The molecule has 0 bridgehead atoms. The molecule has 0 atom stereocenters. The SMILES string of the molecule is CCC(=O)c1ccc(C(C)=NOC)cc1. The second-order valence-electron chi connectivity index (χ2n) is 3.21. The summed E-state index contributed by atoms with van der Waals surface area (Å²) < 4.78 is 0. The van der Waals surface area contributed by atoms with Gasteiger partial charge in [0.2, 0.25) is 0 Å². The largest absolute Gasteiger partial charge is 0.399 e. The molecule has 1 rings (SSSR count). The predicted molar refractivity (Wildman–Crippen MR) is 60.3 cm³/mol. The van der Waals surface area contributed by atoms with Crippen LogP contribution in [-0.4, -0.2) is 18.6 Å². The minimum atomic E-state index is 0.155. The van der Waals surface area contributed by atoms with Crippen LogP contribution >= 0.6 is 0 Å². The van der Waals surface area contributed by atoms with E-state index in [1.165, 1.54) is 7.11 Å². The lowest BCUT2D eigenvalue weighted by molar-refractivity contribution is 0.0988. The summed E-state index contributed by atoms with van der Waals surface area (Å²) in [5, 5.41) is 3.82. The van der Waals surface area contributed by atoms with E-state index < -0.39 is 0 Å². The number of ketones is 1. The van der Waals surface area contributed by atoms with Gasteiger partial charge in [-0.25, -0.2) is 0 Å². The van der Waals surface area contributed by atoms with E-state index in [4.69, 9.17) is 0 Å². The fourth-order valence-corrected chi connectivity index (χ4v) is 1.29. The number of nitrogens with zero attached hydrogens (tertiary/aromatic N) is 1. The third kappa shape index (κ3) is 2.91. The third-order valence-corrected chi connectivity index (χ3v) is 2.17. The highest BCUT2D eigenvalue weighted by Gasteiger charge is 2.03. The minimum Gasteiger partial charge on any atom is -0.399 e. The number of rotatable bonds is 4. The van der Waals surface area contributed by atoms with Gasteiger partial charge in [0, 0.05) is 12.0 Å². The van der Waals surface area contributed by atoms with Crippen LogP contribution in [0.15, 0.2) is 29.4 Å². The predicted octanol–water partition coefficient (Wildman–Crippen LogP) is 2.65. The van der Waals surface area contributed by atoms with E-state index in [0.717, 1.165) is 16.8 Å². The van der Waals surface area contributed by atoms with Crippen LogP contribution < -0.4 is 0 Å². The maximum Gasteiger partial charge on any atom is 0.162 e. The topological polar surface area (TPSA) is 38.7 Å². The van der Waals surface area contributed by atoms with Gasteiger partial charge in [-0.15, -0.1) is 0 Å². The van der Waals surface area contributed by atoms with Crippen LogP contribution in [0.4, 0.5) is 0 Å². The molecule has 0 spiro atoms. The average Bonchev–Trinajstić information content (AvgIpc) is 2.28. The molecule has 0 aliphatic carbocycles. The van der Waals surface area contributed by atoms with Gasteiger partial charge in [0.25, 0.3) is 0 Å². The van der Waals surface area contributed by atoms with Gasteiger partial charge in [-0.3, -0.25) is 4.79 Å². The lowest BCUT2D eigenvalue weighted by Gasteiger charge is -2.01. The van der Waals surface area contributed by atoms with E-state index in [2.05, 4.69) is 9.99 Å². The summed E-state index contributed by atoms with van der Waals surface area (Å²) in [4.78, 5) is 16.0. The van der Waals surface area contributed by atoms with Crippen LogP contribution in [0, 0.1) is 0 Å². The Labute approximate surface area is 89.7 Å². The molecule has 80 valence electrons. The normalized spacial score (nSPS) is 11.3. The summed E-state index contributed by atoms with van der Waals surface area (Å²) in [6, 6.07) is 7.38. The van der Waals surface area contributed by atoms with Crippen LogP contribution in [0.25, 0.3) is 0 Å². The minimum absolute atomic E-state index is 0.155. The molecule has 0 aliphatic rings. The monoisotopic (exact) mass is 205 g/mol. The maximum atomic E-state index is 11.4. The number of carbonyl (C=O) groups is 1. The third-order valence-electron chi connectivity index (χ3n) is 2.17. The molecule has 0 unspecified atom stereocenters. The first kappa shape index (κ1) is 11.4. The molecular formula is C12H15NO2. The summed E-state index contributed by atoms with van der Waals surface area (Å²) in [6.45, 7) is 3.72. The van der Waals surface area contributed by atoms with Crippen molar-refractivity contribution in [3.05, 3.63) is 35.4 Å². The molecule has 1 aromatic carbocycles. The van der Waals surface area contributed by atoms with Crippen LogP contribution in [0.1, 0.15) is 36.2 Å². The number of carbonyl (C=O) groups excluding carboxylic acids is 1. The van der Waals surface area contributed by atoms with Crippen molar-refractivity contribution in [1.82, 2.24) is 0 Å². The first-order valence-electron chi connectivity index (χ1n) is 4.90. The molecule has 0 radical (unpaired) electrons. The van der Waals surface area contributed by atoms with Crippen molar-refractivity contribution >= 4 is 11.5 Å². The quantitative estimate of drug-likeness (QED) is 0.430. The van der Waals surface area contributed by atoms with E-state index in [1.807, 2.05) is 38.1 Å². The summed E-state index contributed by atoms with van der Waals surface area (Å²) in [6.07, 6.45) is 0.532. The molecule has 0 saturated heterocycles. The standard InChI is InChI=1S/C12H15NO2/c1-4-12(14)11-7-5-10(6-8-11)9(2)13-15-3/h5-8H,4H2,1-3H3. The molecule has 0 fully saturated rings. The number of hydrogen-bond acceptors (Lipinski definition) is 3. The highest BCUT2D eigenvalue weighted by molar-refractivity contribution is 6.00. The van der Waals surface area contributed by atoms with Gasteiger partial charge < -0.3 is 4.84 Å². The van der Waals surface area contributed by atoms with Crippen molar-refractivity contribution in [1.29, 1.82) is 0 Å². The van der Waals surface area contributed by atoms with Gasteiger partial charge in [-0.1, -0.05) is 36.3 Å². The fourth-order valence-electron chi connectivity index (χ4n) is 1.29. The van der Waals surface area contributed by atoms with Gasteiger partial charge in [-0.05, 0) is 12.5 Å². The molecule has 0 aliphatic heterocycles. The number of benzene rings is 1. The van der Waals surface area contributed by atoms with Crippen molar-refractivity contribution in [2.45, 2.75) is 20.3 Å². The van der Waals surface area contributed by atoms with Crippen LogP contribution in [-0.2, 0) is 4.84 Å². The summed E-state index contributed by atoms with van der Waals surface area (Å²) in [5.74, 6) is 0.155. The van der Waals surface area contributed by atoms with Crippen LogP contribution in [0.5, 0.6) is 0 Å².